The Hall–Kier alpha value is -1.56. The van der Waals surface area contributed by atoms with Crippen LogP contribution in [0.4, 0.5) is 0 Å². The number of phenolic OH excluding ortho intramolecular Hbond substituents is 1. The van der Waals surface area contributed by atoms with E-state index in [1.807, 2.05) is 0 Å². The van der Waals surface area contributed by atoms with Gasteiger partial charge in [0.2, 0.25) is 0 Å². The van der Waals surface area contributed by atoms with Crippen molar-refractivity contribution in [3.63, 3.8) is 0 Å². The summed E-state index contributed by atoms with van der Waals surface area (Å²) in [5.74, 6) is -0.740. The van der Waals surface area contributed by atoms with E-state index < -0.39 is 15.8 Å². The first-order valence-electron chi connectivity index (χ1n) is 4.85. The molecule has 0 aliphatic rings. The summed E-state index contributed by atoms with van der Waals surface area (Å²) in [6, 6.07) is 2.84. The van der Waals surface area contributed by atoms with Crippen molar-refractivity contribution in [2.45, 2.75) is 18.2 Å². The molecular weight excluding hydrogens is 244 g/mol. The third kappa shape index (κ3) is 3.20. The second-order valence-corrected chi connectivity index (χ2v) is 5.77. The molecule has 0 saturated carbocycles. The molecule has 0 bridgehead atoms. The number of esters is 1. The third-order valence-corrected chi connectivity index (χ3v) is 3.41. The summed E-state index contributed by atoms with van der Waals surface area (Å²) < 4.78 is 27.4. The number of carbonyl (C=O) groups excluding carboxylic acids is 1. The van der Waals surface area contributed by atoms with Crippen LogP contribution in [0.3, 0.4) is 0 Å². The van der Waals surface area contributed by atoms with Gasteiger partial charge in [-0.2, -0.15) is 0 Å². The Morgan fingerprint density at radius 3 is 2.47 bits per heavy atom. The average Bonchev–Trinajstić information content (AvgIpc) is 2.21. The molecule has 94 valence electrons. The zero-order valence-corrected chi connectivity index (χ0v) is 10.7. The number of hydrogen-bond donors (Lipinski definition) is 1. The molecule has 0 aliphatic heterocycles. The van der Waals surface area contributed by atoms with Gasteiger partial charge in [-0.1, -0.05) is 6.07 Å². The van der Waals surface area contributed by atoms with Crippen molar-refractivity contribution in [2.75, 3.05) is 13.4 Å². The second-order valence-electron chi connectivity index (χ2n) is 3.78. The quantitative estimate of drug-likeness (QED) is 0.812. The lowest BCUT2D eigenvalue weighted by atomic mass is 10.1. The van der Waals surface area contributed by atoms with E-state index in [4.69, 9.17) is 0 Å². The van der Waals surface area contributed by atoms with Crippen LogP contribution < -0.4 is 0 Å². The van der Waals surface area contributed by atoms with E-state index in [0.29, 0.717) is 11.1 Å². The Morgan fingerprint density at radius 2 is 2.00 bits per heavy atom. The van der Waals surface area contributed by atoms with Gasteiger partial charge in [-0.25, -0.2) is 8.42 Å². The minimum absolute atomic E-state index is 0.0276. The number of phenols is 1. The first-order valence-corrected chi connectivity index (χ1v) is 6.74. The molecule has 0 aromatic heterocycles. The monoisotopic (exact) mass is 258 g/mol. The van der Waals surface area contributed by atoms with E-state index in [1.54, 1.807) is 13.0 Å². The fourth-order valence-electron chi connectivity index (χ4n) is 1.44. The van der Waals surface area contributed by atoms with Crippen LogP contribution in [-0.2, 0) is 25.8 Å². The molecule has 0 atom stereocenters. The first kappa shape index (κ1) is 13.5. The van der Waals surface area contributed by atoms with E-state index in [-0.39, 0.29) is 17.1 Å². The van der Waals surface area contributed by atoms with Crippen LogP contribution in [0.15, 0.2) is 17.0 Å². The van der Waals surface area contributed by atoms with Crippen molar-refractivity contribution >= 4 is 15.8 Å². The first-order chi connectivity index (χ1) is 7.75. The van der Waals surface area contributed by atoms with E-state index >= 15 is 0 Å². The summed E-state index contributed by atoms with van der Waals surface area (Å²) in [4.78, 5) is 10.9. The number of sulfone groups is 1. The molecule has 0 fully saturated rings. The number of aryl methyl sites for hydroxylation is 1. The average molecular weight is 258 g/mol. The molecule has 0 heterocycles. The summed E-state index contributed by atoms with van der Waals surface area (Å²) in [7, 11) is -2.27. The molecule has 0 radical (unpaired) electrons. The van der Waals surface area contributed by atoms with Gasteiger partial charge in [-0.3, -0.25) is 4.79 Å². The lowest BCUT2D eigenvalue weighted by Crippen LogP contribution is -2.06. The largest absolute Gasteiger partial charge is 0.506 e. The van der Waals surface area contributed by atoms with E-state index in [0.717, 1.165) is 6.26 Å². The number of hydrogen-bond acceptors (Lipinski definition) is 5. The second kappa shape index (κ2) is 4.75. The maximum atomic E-state index is 11.4. The number of aromatic hydroxyl groups is 1. The summed E-state index contributed by atoms with van der Waals surface area (Å²) >= 11 is 0. The van der Waals surface area contributed by atoms with Crippen LogP contribution in [0, 0.1) is 6.92 Å². The fourth-order valence-corrected chi connectivity index (χ4v) is 2.32. The predicted molar refractivity (Wildman–Crippen MR) is 61.7 cm³/mol. The van der Waals surface area contributed by atoms with Gasteiger partial charge < -0.3 is 9.84 Å². The van der Waals surface area contributed by atoms with Crippen molar-refractivity contribution in [3.05, 3.63) is 23.3 Å². The lowest BCUT2D eigenvalue weighted by molar-refractivity contribution is -0.139. The standard InChI is InChI=1S/C11H14O5S/c1-7-4-8(6-10(12)16-2)5-9(11(7)13)17(3,14)15/h4-5,13H,6H2,1-3H3. The van der Waals surface area contributed by atoms with Gasteiger partial charge in [0.15, 0.2) is 9.84 Å². The highest BCUT2D eigenvalue weighted by molar-refractivity contribution is 7.90. The van der Waals surface area contributed by atoms with Crippen LogP contribution in [0.2, 0.25) is 0 Å². The molecule has 1 rings (SSSR count). The SMILES string of the molecule is COC(=O)Cc1cc(C)c(O)c(S(C)(=O)=O)c1. The molecule has 1 aromatic rings. The predicted octanol–water partition coefficient (Wildman–Crippen LogP) is 0.820. The molecule has 6 heteroatoms. The Kier molecular flexibility index (Phi) is 3.77. The number of rotatable bonds is 3. The molecule has 0 unspecified atom stereocenters. The normalized spacial score (nSPS) is 11.2. The van der Waals surface area contributed by atoms with Gasteiger partial charge in [0, 0.05) is 6.26 Å². The highest BCUT2D eigenvalue weighted by atomic mass is 32.2. The van der Waals surface area contributed by atoms with Crippen molar-refractivity contribution in [2.24, 2.45) is 0 Å². The topological polar surface area (TPSA) is 80.7 Å². The van der Waals surface area contributed by atoms with Gasteiger partial charge >= 0.3 is 5.97 Å². The van der Waals surface area contributed by atoms with Crippen molar-refractivity contribution < 1.29 is 23.1 Å². The fraction of sp³-hybridized carbons (Fsp3) is 0.364. The van der Waals surface area contributed by atoms with Crippen LogP contribution >= 0.6 is 0 Å². The minimum atomic E-state index is -3.52. The maximum Gasteiger partial charge on any atom is 0.309 e. The Bertz CT molecular complexity index is 545. The Balaban J connectivity index is 3.29. The van der Waals surface area contributed by atoms with Gasteiger partial charge in [-0.05, 0) is 24.1 Å². The van der Waals surface area contributed by atoms with E-state index in [1.165, 1.54) is 13.2 Å². The van der Waals surface area contributed by atoms with Crippen LogP contribution in [-0.4, -0.2) is 32.9 Å². The molecule has 1 N–H and O–H groups in total. The highest BCUT2D eigenvalue weighted by Gasteiger charge is 2.17. The molecular formula is C11H14O5S. The van der Waals surface area contributed by atoms with Gasteiger partial charge in [-0.15, -0.1) is 0 Å². The maximum absolute atomic E-state index is 11.4. The number of carbonyl (C=O) groups is 1. The Morgan fingerprint density at radius 1 is 1.41 bits per heavy atom. The van der Waals surface area contributed by atoms with Crippen LogP contribution in [0.25, 0.3) is 0 Å². The van der Waals surface area contributed by atoms with Crippen LogP contribution in [0.1, 0.15) is 11.1 Å². The summed E-state index contributed by atoms with van der Waals surface area (Å²) in [5, 5.41) is 9.65. The third-order valence-electron chi connectivity index (χ3n) is 2.30. The minimum Gasteiger partial charge on any atom is -0.506 e. The van der Waals surface area contributed by atoms with Crippen molar-refractivity contribution in [1.29, 1.82) is 0 Å². The van der Waals surface area contributed by atoms with Gasteiger partial charge in [0.05, 0.1) is 13.5 Å². The molecule has 5 nitrogen and oxygen atoms in total. The number of methoxy groups -OCH3 is 1. The van der Waals surface area contributed by atoms with E-state index in [2.05, 4.69) is 4.74 Å². The zero-order valence-electron chi connectivity index (χ0n) is 9.85. The molecule has 0 aliphatic carbocycles. The zero-order chi connectivity index (χ0) is 13.2. The smallest absolute Gasteiger partial charge is 0.309 e. The Labute approximate surface area is 100.0 Å². The number of ether oxygens (including phenoxy) is 1. The lowest BCUT2D eigenvalue weighted by Gasteiger charge is -2.08. The summed E-state index contributed by atoms with van der Waals surface area (Å²) in [5.41, 5.74) is 0.902. The number of benzene rings is 1. The van der Waals surface area contributed by atoms with E-state index in [9.17, 15) is 18.3 Å². The molecule has 0 saturated heterocycles. The van der Waals surface area contributed by atoms with Crippen molar-refractivity contribution in [3.8, 4) is 5.75 Å². The highest BCUT2D eigenvalue weighted by Crippen LogP contribution is 2.28. The molecule has 17 heavy (non-hydrogen) atoms. The molecule has 0 amide bonds. The summed E-state index contributed by atoms with van der Waals surface area (Å²) in [6.07, 6.45) is 0.976. The van der Waals surface area contributed by atoms with Gasteiger partial charge in [0.1, 0.15) is 10.6 Å². The van der Waals surface area contributed by atoms with Crippen molar-refractivity contribution in [1.82, 2.24) is 0 Å². The molecule has 1 aromatic carbocycles. The summed E-state index contributed by atoms with van der Waals surface area (Å²) in [6.45, 7) is 1.57. The molecule has 0 spiro atoms. The van der Waals surface area contributed by atoms with Crippen LogP contribution in [0.5, 0.6) is 5.75 Å². The van der Waals surface area contributed by atoms with Gasteiger partial charge in [0.25, 0.3) is 0 Å².